The molecule has 0 bridgehead atoms. The third-order valence-electron chi connectivity index (χ3n) is 2.13. The Morgan fingerprint density at radius 1 is 1.33 bits per heavy atom. The topological polar surface area (TPSA) is 66.5 Å². The van der Waals surface area contributed by atoms with Crippen molar-refractivity contribution >= 4 is 11.6 Å². The summed E-state index contributed by atoms with van der Waals surface area (Å²) in [7, 11) is 0. The molecule has 0 aromatic heterocycles. The lowest BCUT2D eigenvalue weighted by molar-refractivity contribution is 0.433. The van der Waals surface area contributed by atoms with Crippen LogP contribution >= 0.6 is 11.6 Å². The van der Waals surface area contributed by atoms with Crippen LogP contribution in [0.15, 0.2) is 6.07 Å². The van der Waals surface area contributed by atoms with E-state index < -0.39 is 5.54 Å². The number of phenols is 2. The second-order valence-corrected chi connectivity index (χ2v) is 4.91. The van der Waals surface area contributed by atoms with Crippen LogP contribution in [0.5, 0.6) is 11.5 Å². The van der Waals surface area contributed by atoms with Gasteiger partial charge in [-0.25, -0.2) is 0 Å². The lowest BCUT2D eigenvalue weighted by Crippen LogP contribution is -2.34. The molecule has 0 unspecified atom stereocenters. The summed E-state index contributed by atoms with van der Waals surface area (Å²) in [5, 5.41) is 19.2. The number of aromatic hydroxyl groups is 2. The van der Waals surface area contributed by atoms with Gasteiger partial charge in [0.05, 0.1) is 0 Å². The molecule has 0 radical (unpaired) electrons. The SMILES string of the molecule is Cc1cc(CC(C)(C)N)c(O)c(Cl)c1O. The van der Waals surface area contributed by atoms with E-state index in [1.165, 1.54) is 0 Å². The van der Waals surface area contributed by atoms with Crippen LogP contribution in [0.25, 0.3) is 0 Å². The zero-order valence-corrected chi connectivity index (χ0v) is 9.89. The molecule has 1 aromatic rings. The predicted octanol–water partition coefficient (Wildman–Crippen LogP) is 2.34. The van der Waals surface area contributed by atoms with Gasteiger partial charge in [-0.1, -0.05) is 11.6 Å². The van der Waals surface area contributed by atoms with E-state index in [0.717, 1.165) is 0 Å². The molecule has 15 heavy (non-hydrogen) atoms. The van der Waals surface area contributed by atoms with Crippen LogP contribution < -0.4 is 5.73 Å². The summed E-state index contributed by atoms with van der Waals surface area (Å²) in [6, 6.07) is 1.70. The molecule has 0 aliphatic carbocycles. The molecule has 3 nitrogen and oxygen atoms in total. The minimum absolute atomic E-state index is 0.00532. The fourth-order valence-electron chi connectivity index (χ4n) is 1.45. The molecule has 4 N–H and O–H groups in total. The van der Waals surface area contributed by atoms with Gasteiger partial charge in [-0.15, -0.1) is 0 Å². The highest BCUT2D eigenvalue weighted by atomic mass is 35.5. The molecule has 1 aromatic carbocycles. The lowest BCUT2D eigenvalue weighted by atomic mass is 9.94. The molecular formula is C11H16ClNO2. The number of halogens is 1. The van der Waals surface area contributed by atoms with Crippen molar-refractivity contribution in [1.82, 2.24) is 0 Å². The third-order valence-corrected chi connectivity index (χ3v) is 2.49. The highest BCUT2D eigenvalue weighted by Gasteiger charge is 2.19. The smallest absolute Gasteiger partial charge is 0.141 e. The number of aryl methyl sites for hydroxylation is 1. The van der Waals surface area contributed by atoms with Crippen molar-refractivity contribution in [3.8, 4) is 11.5 Å². The molecule has 0 heterocycles. The summed E-state index contributed by atoms with van der Waals surface area (Å²) in [5.41, 5.74) is 6.72. The molecule has 84 valence electrons. The van der Waals surface area contributed by atoms with Crippen LogP contribution in [0.3, 0.4) is 0 Å². The summed E-state index contributed by atoms with van der Waals surface area (Å²) in [6.45, 7) is 5.46. The summed E-state index contributed by atoms with van der Waals surface area (Å²) in [6.07, 6.45) is 0.500. The summed E-state index contributed by atoms with van der Waals surface area (Å²) in [4.78, 5) is 0. The summed E-state index contributed by atoms with van der Waals surface area (Å²) >= 11 is 5.78. The van der Waals surface area contributed by atoms with Crippen LogP contribution in [0.1, 0.15) is 25.0 Å². The number of benzene rings is 1. The molecule has 0 aliphatic heterocycles. The van der Waals surface area contributed by atoms with Gasteiger partial charge in [-0.3, -0.25) is 0 Å². The fraction of sp³-hybridized carbons (Fsp3) is 0.455. The number of phenolic OH excluding ortho intramolecular Hbond substituents is 2. The van der Waals surface area contributed by atoms with Crippen molar-refractivity contribution in [1.29, 1.82) is 0 Å². The largest absolute Gasteiger partial charge is 0.506 e. The monoisotopic (exact) mass is 229 g/mol. The van der Waals surface area contributed by atoms with E-state index in [4.69, 9.17) is 17.3 Å². The molecule has 0 amide bonds. The third kappa shape index (κ3) is 2.76. The van der Waals surface area contributed by atoms with Crippen molar-refractivity contribution in [2.75, 3.05) is 0 Å². The molecule has 0 aliphatic rings. The second kappa shape index (κ2) is 3.91. The lowest BCUT2D eigenvalue weighted by Gasteiger charge is -2.20. The molecule has 0 atom stereocenters. The Morgan fingerprint density at radius 2 is 1.87 bits per heavy atom. The van der Waals surface area contributed by atoms with Gasteiger partial charge in [-0.2, -0.15) is 0 Å². The number of nitrogens with two attached hydrogens (primary N) is 1. The molecular weight excluding hydrogens is 214 g/mol. The van der Waals surface area contributed by atoms with Crippen LogP contribution in [0.2, 0.25) is 5.02 Å². The van der Waals surface area contributed by atoms with E-state index in [9.17, 15) is 10.2 Å². The first-order chi connectivity index (χ1) is 6.72. The Balaban J connectivity index is 3.21. The fourth-order valence-corrected chi connectivity index (χ4v) is 1.72. The Morgan fingerprint density at radius 3 is 2.33 bits per heavy atom. The normalized spacial score (nSPS) is 11.8. The van der Waals surface area contributed by atoms with Gasteiger partial charge in [0.25, 0.3) is 0 Å². The Labute approximate surface area is 94.5 Å². The average molecular weight is 230 g/mol. The molecule has 4 heteroatoms. The van der Waals surface area contributed by atoms with E-state index in [-0.39, 0.29) is 16.5 Å². The molecule has 0 spiro atoms. The Kier molecular flexibility index (Phi) is 3.16. The number of hydrogen-bond acceptors (Lipinski definition) is 3. The zero-order chi connectivity index (χ0) is 11.8. The van der Waals surface area contributed by atoms with Gasteiger partial charge in [0, 0.05) is 5.54 Å². The van der Waals surface area contributed by atoms with Crippen LogP contribution in [0.4, 0.5) is 0 Å². The van der Waals surface area contributed by atoms with E-state index in [2.05, 4.69) is 0 Å². The average Bonchev–Trinajstić information content (AvgIpc) is 2.08. The maximum absolute atomic E-state index is 9.72. The second-order valence-electron chi connectivity index (χ2n) is 4.53. The predicted molar refractivity (Wildman–Crippen MR) is 61.5 cm³/mol. The van der Waals surface area contributed by atoms with Crippen molar-refractivity contribution in [2.24, 2.45) is 5.73 Å². The Bertz CT molecular complexity index is 383. The first-order valence-corrected chi connectivity index (χ1v) is 5.09. The molecule has 0 saturated carbocycles. The number of rotatable bonds is 2. The van der Waals surface area contributed by atoms with Gasteiger partial charge in [0.15, 0.2) is 0 Å². The molecule has 0 fully saturated rings. The first kappa shape index (κ1) is 12.1. The van der Waals surface area contributed by atoms with Crippen molar-refractivity contribution in [3.05, 3.63) is 22.2 Å². The van der Waals surface area contributed by atoms with Crippen LogP contribution in [-0.4, -0.2) is 15.8 Å². The highest BCUT2D eigenvalue weighted by molar-refractivity contribution is 6.33. The minimum Gasteiger partial charge on any atom is -0.506 e. The van der Waals surface area contributed by atoms with E-state index >= 15 is 0 Å². The maximum atomic E-state index is 9.72. The van der Waals surface area contributed by atoms with Gasteiger partial charge >= 0.3 is 0 Å². The standard InChI is InChI=1S/C11H16ClNO2/c1-6-4-7(5-11(2,3)13)10(15)8(12)9(6)14/h4,14-15H,5,13H2,1-3H3. The zero-order valence-electron chi connectivity index (χ0n) is 9.13. The summed E-state index contributed by atoms with van der Waals surface area (Å²) < 4.78 is 0. The van der Waals surface area contributed by atoms with Crippen LogP contribution in [0, 0.1) is 6.92 Å². The van der Waals surface area contributed by atoms with Crippen LogP contribution in [-0.2, 0) is 6.42 Å². The van der Waals surface area contributed by atoms with Gasteiger partial charge in [0.1, 0.15) is 16.5 Å². The maximum Gasteiger partial charge on any atom is 0.141 e. The van der Waals surface area contributed by atoms with Gasteiger partial charge in [0.2, 0.25) is 0 Å². The van der Waals surface area contributed by atoms with Crippen molar-refractivity contribution < 1.29 is 10.2 Å². The summed E-state index contributed by atoms with van der Waals surface area (Å²) in [5.74, 6) is -0.161. The van der Waals surface area contributed by atoms with E-state index in [1.54, 1.807) is 13.0 Å². The van der Waals surface area contributed by atoms with Gasteiger partial charge in [-0.05, 0) is 44.4 Å². The molecule has 0 saturated heterocycles. The van der Waals surface area contributed by atoms with E-state index in [0.29, 0.717) is 17.5 Å². The van der Waals surface area contributed by atoms with Crippen molar-refractivity contribution in [3.63, 3.8) is 0 Å². The quantitative estimate of drug-likeness (QED) is 0.729. The molecule has 1 rings (SSSR count). The highest BCUT2D eigenvalue weighted by Crippen LogP contribution is 2.38. The van der Waals surface area contributed by atoms with E-state index in [1.807, 2.05) is 13.8 Å². The van der Waals surface area contributed by atoms with Gasteiger partial charge < -0.3 is 15.9 Å². The van der Waals surface area contributed by atoms with Crippen molar-refractivity contribution in [2.45, 2.75) is 32.7 Å². The first-order valence-electron chi connectivity index (χ1n) is 4.71. The minimum atomic E-state index is -0.426. The Hall–Kier alpha value is -0.930. The number of hydrogen-bond donors (Lipinski definition) is 3.